The Kier molecular flexibility index (Phi) is 5.61. The third kappa shape index (κ3) is 5.42. The second-order valence-corrected chi connectivity index (χ2v) is 7.24. The molecule has 3 aromatic rings. The topological polar surface area (TPSA) is 75.6 Å². The van der Waals surface area contributed by atoms with Crippen LogP contribution in [0.25, 0.3) is 11.5 Å². The zero-order chi connectivity index (χ0) is 22.9. The average molecular weight is 454 g/mol. The van der Waals surface area contributed by atoms with Gasteiger partial charge < -0.3 is 10.6 Å². The van der Waals surface area contributed by atoms with Gasteiger partial charge in [-0.05, 0) is 43.0 Å². The predicted molar refractivity (Wildman–Crippen MR) is 104 cm³/mol. The van der Waals surface area contributed by atoms with Gasteiger partial charge >= 0.3 is 12.4 Å². The second-order valence-electron chi connectivity index (χ2n) is 7.24. The quantitative estimate of drug-likeness (QED) is 0.477. The Morgan fingerprint density at radius 2 is 1.56 bits per heavy atom. The number of hydrogen-bond acceptors (Lipinski definition) is 6. The smallest absolute Gasteiger partial charge is 0.370 e. The molecule has 0 aliphatic heterocycles. The number of anilines is 3. The number of aromatic nitrogens is 4. The highest BCUT2D eigenvalue weighted by Crippen LogP contribution is 2.32. The number of hydrogen-bond donors (Lipinski definition) is 2. The van der Waals surface area contributed by atoms with Gasteiger partial charge in [0.05, 0.1) is 0 Å². The number of pyridine rings is 2. The summed E-state index contributed by atoms with van der Waals surface area (Å²) in [6.07, 6.45) is -6.17. The van der Waals surface area contributed by atoms with Crippen molar-refractivity contribution in [1.82, 2.24) is 19.9 Å². The molecule has 3 heterocycles. The van der Waals surface area contributed by atoms with Gasteiger partial charge in [0.2, 0.25) is 0 Å². The molecule has 3 aromatic heterocycles. The molecule has 1 aliphatic carbocycles. The van der Waals surface area contributed by atoms with Gasteiger partial charge in [-0.1, -0.05) is 6.07 Å². The van der Waals surface area contributed by atoms with Gasteiger partial charge in [0, 0.05) is 24.5 Å². The van der Waals surface area contributed by atoms with E-state index in [0.29, 0.717) is 18.3 Å². The minimum absolute atomic E-state index is 0.0575. The van der Waals surface area contributed by atoms with E-state index in [2.05, 4.69) is 30.6 Å². The molecule has 0 atom stereocenters. The lowest BCUT2D eigenvalue weighted by Gasteiger charge is -2.13. The van der Waals surface area contributed by atoms with Crippen molar-refractivity contribution in [1.29, 1.82) is 0 Å². The van der Waals surface area contributed by atoms with Crippen LogP contribution in [-0.2, 0) is 12.4 Å². The monoisotopic (exact) mass is 454 g/mol. The number of alkyl halides is 6. The van der Waals surface area contributed by atoms with E-state index < -0.39 is 23.7 Å². The van der Waals surface area contributed by atoms with Gasteiger partial charge in [-0.2, -0.15) is 26.3 Å². The van der Waals surface area contributed by atoms with Crippen molar-refractivity contribution in [2.75, 3.05) is 17.2 Å². The molecule has 1 saturated carbocycles. The molecule has 0 aromatic carbocycles. The van der Waals surface area contributed by atoms with Crippen molar-refractivity contribution in [2.45, 2.75) is 25.2 Å². The van der Waals surface area contributed by atoms with E-state index in [1.54, 1.807) is 0 Å². The number of rotatable bonds is 6. The van der Waals surface area contributed by atoms with Crippen molar-refractivity contribution in [3.8, 4) is 11.5 Å². The molecule has 1 fully saturated rings. The minimum Gasteiger partial charge on any atom is -0.370 e. The van der Waals surface area contributed by atoms with Crippen LogP contribution in [0.4, 0.5) is 43.7 Å². The first-order chi connectivity index (χ1) is 15.1. The van der Waals surface area contributed by atoms with E-state index in [0.717, 1.165) is 31.2 Å². The summed E-state index contributed by atoms with van der Waals surface area (Å²) in [4.78, 5) is 15.3. The second kappa shape index (κ2) is 8.24. The van der Waals surface area contributed by atoms with Gasteiger partial charge in [-0.15, -0.1) is 0 Å². The molecule has 6 nitrogen and oxygen atoms in total. The van der Waals surface area contributed by atoms with Crippen LogP contribution in [0.15, 0.2) is 42.6 Å². The minimum atomic E-state index is -4.65. The molecule has 2 N–H and O–H groups in total. The first kappa shape index (κ1) is 21.8. The van der Waals surface area contributed by atoms with Crippen molar-refractivity contribution in [3.63, 3.8) is 0 Å². The highest BCUT2D eigenvalue weighted by Gasteiger charge is 2.33. The lowest BCUT2D eigenvalue weighted by atomic mass is 10.2. The van der Waals surface area contributed by atoms with Gasteiger partial charge in [0.15, 0.2) is 5.82 Å². The van der Waals surface area contributed by atoms with Gasteiger partial charge in [-0.25, -0.2) is 15.0 Å². The Balaban J connectivity index is 1.68. The summed E-state index contributed by atoms with van der Waals surface area (Å²) < 4.78 is 78.0. The van der Waals surface area contributed by atoms with Crippen LogP contribution in [0.5, 0.6) is 0 Å². The first-order valence-electron chi connectivity index (χ1n) is 9.56. The number of nitrogens with zero attached hydrogens (tertiary/aromatic N) is 4. The van der Waals surface area contributed by atoms with Crippen molar-refractivity contribution in [2.24, 2.45) is 5.92 Å². The fourth-order valence-corrected chi connectivity index (χ4v) is 2.82. The average Bonchev–Trinajstić information content (AvgIpc) is 3.56. The van der Waals surface area contributed by atoms with Crippen molar-refractivity contribution < 1.29 is 26.3 Å². The van der Waals surface area contributed by atoms with E-state index in [9.17, 15) is 26.3 Å². The molecule has 0 saturated heterocycles. The Labute approximate surface area is 178 Å². The molecular formula is C20H16F6N6. The summed E-state index contributed by atoms with van der Waals surface area (Å²) in [5, 5.41) is 5.82. The van der Waals surface area contributed by atoms with E-state index in [1.165, 1.54) is 24.3 Å². The zero-order valence-electron chi connectivity index (χ0n) is 16.3. The van der Waals surface area contributed by atoms with Crippen LogP contribution in [0.3, 0.4) is 0 Å². The highest BCUT2D eigenvalue weighted by atomic mass is 19.4. The van der Waals surface area contributed by atoms with E-state index in [-0.39, 0.29) is 23.0 Å². The van der Waals surface area contributed by atoms with Gasteiger partial charge in [0.25, 0.3) is 0 Å². The molecule has 1 aliphatic rings. The summed E-state index contributed by atoms with van der Waals surface area (Å²) in [7, 11) is 0. The standard InChI is InChI=1S/C20H16F6N6/c21-19(22,23)14-3-1-2-13(30-14)18-31-16(28-10-11-4-5-11)9-17(32-18)29-12-6-7-27-15(8-12)20(24,25)26/h1-3,6-9,11H,4-5,10H2,(H2,27,28,29,31,32). The van der Waals surface area contributed by atoms with Crippen LogP contribution in [0.1, 0.15) is 24.2 Å². The third-order valence-electron chi connectivity index (χ3n) is 4.59. The fourth-order valence-electron chi connectivity index (χ4n) is 2.82. The fraction of sp³-hybridized carbons (Fsp3) is 0.300. The largest absolute Gasteiger partial charge is 0.433 e. The van der Waals surface area contributed by atoms with E-state index >= 15 is 0 Å². The summed E-state index contributed by atoms with van der Waals surface area (Å²) in [6, 6.07) is 6.93. The summed E-state index contributed by atoms with van der Waals surface area (Å²) >= 11 is 0. The Hall–Kier alpha value is -3.44. The summed E-state index contributed by atoms with van der Waals surface area (Å²) in [6.45, 7) is 0.611. The van der Waals surface area contributed by atoms with E-state index in [1.807, 2.05) is 0 Å². The molecule has 0 bridgehead atoms. The predicted octanol–water partition coefficient (Wildman–Crippen LogP) is 5.54. The summed E-state index contributed by atoms with van der Waals surface area (Å²) in [5.41, 5.74) is -2.26. The molecule has 4 rings (SSSR count). The van der Waals surface area contributed by atoms with E-state index in [4.69, 9.17) is 0 Å². The third-order valence-corrected chi connectivity index (χ3v) is 4.59. The maximum atomic E-state index is 13.1. The first-order valence-corrected chi connectivity index (χ1v) is 9.56. The summed E-state index contributed by atoms with van der Waals surface area (Å²) in [5.74, 6) is 0.774. The lowest BCUT2D eigenvalue weighted by molar-refractivity contribution is -0.141. The van der Waals surface area contributed by atoms with Crippen LogP contribution in [0.2, 0.25) is 0 Å². The van der Waals surface area contributed by atoms with Crippen LogP contribution < -0.4 is 10.6 Å². The van der Waals surface area contributed by atoms with Crippen LogP contribution >= 0.6 is 0 Å². The SMILES string of the molecule is FC(F)(F)c1cc(Nc2cc(NCC3CC3)nc(-c3cccc(C(F)(F)F)n3)n2)ccn1. The Morgan fingerprint density at radius 1 is 0.844 bits per heavy atom. The molecule has 12 heteroatoms. The van der Waals surface area contributed by atoms with Crippen LogP contribution in [0, 0.1) is 5.92 Å². The molecular weight excluding hydrogens is 438 g/mol. The highest BCUT2D eigenvalue weighted by molar-refractivity contribution is 5.63. The number of nitrogens with one attached hydrogen (secondary N) is 2. The zero-order valence-corrected chi connectivity index (χ0v) is 16.3. The molecule has 32 heavy (non-hydrogen) atoms. The molecule has 0 spiro atoms. The van der Waals surface area contributed by atoms with Gasteiger partial charge in [0.1, 0.15) is 28.7 Å². The normalized spacial score (nSPS) is 14.3. The maximum Gasteiger partial charge on any atom is 0.433 e. The molecule has 0 amide bonds. The van der Waals surface area contributed by atoms with Crippen LogP contribution in [-0.4, -0.2) is 26.5 Å². The molecule has 168 valence electrons. The number of halogens is 6. The lowest BCUT2D eigenvalue weighted by Crippen LogP contribution is -2.11. The Bertz CT molecular complexity index is 1110. The van der Waals surface area contributed by atoms with Gasteiger partial charge in [-0.3, -0.25) is 4.98 Å². The van der Waals surface area contributed by atoms with Crippen molar-refractivity contribution >= 4 is 17.3 Å². The molecule has 0 radical (unpaired) electrons. The Morgan fingerprint density at radius 3 is 2.25 bits per heavy atom. The molecule has 0 unspecified atom stereocenters. The maximum absolute atomic E-state index is 13.1. The van der Waals surface area contributed by atoms with Crippen molar-refractivity contribution in [3.05, 3.63) is 54.0 Å².